The van der Waals surface area contributed by atoms with Gasteiger partial charge in [0, 0.05) is 17.8 Å². The molecule has 6 heteroatoms. The first kappa shape index (κ1) is 21.6. The molecule has 4 saturated carbocycles. The summed E-state index contributed by atoms with van der Waals surface area (Å²) in [5.41, 5.74) is 4.04. The third-order valence-electron chi connectivity index (χ3n) is 8.71. The lowest BCUT2D eigenvalue weighted by atomic mass is 9.53. The molecule has 4 aromatic rings. The maximum absolute atomic E-state index is 13.7. The molecule has 8 rings (SSSR count). The van der Waals surface area contributed by atoms with Gasteiger partial charge in [0.25, 0.3) is 5.91 Å². The molecule has 0 radical (unpaired) electrons. The molecule has 4 fully saturated rings. The Hall–Kier alpha value is -3.67. The molecular weight excluding hydrogens is 446 g/mol. The molecule has 1 N–H and O–H groups in total. The molecule has 182 valence electrons. The lowest BCUT2D eigenvalue weighted by Gasteiger charge is -2.56. The quantitative estimate of drug-likeness (QED) is 0.371. The fourth-order valence-electron chi connectivity index (χ4n) is 7.57. The van der Waals surface area contributed by atoms with Crippen LogP contribution in [0.3, 0.4) is 0 Å². The van der Waals surface area contributed by atoms with Crippen molar-refractivity contribution in [3.63, 3.8) is 0 Å². The predicted octanol–water partition coefficient (Wildman–Crippen LogP) is 6.22. The molecule has 6 nitrogen and oxygen atoms in total. The Morgan fingerprint density at radius 3 is 2.11 bits per heavy atom. The number of hydrogen-bond acceptors (Lipinski definition) is 3. The zero-order valence-corrected chi connectivity index (χ0v) is 20.6. The molecule has 2 aromatic carbocycles. The summed E-state index contributed by atoms with van der Waals surface area (Å²) in [4.78, 5) is 13.7. The van der Waals surface area contributed by atoms with E-state index in [1.54, 1.807) is 0 Å². The highest BCUT2D eigenvalue weighted by Gasteiger charge is 2.52. The minimum absolute atomic E-state index is 0.140. The van der Waals surface area contributed by atoms with Crippen molar-refractivity contribution in [1.29, 1.82) is 0 Å². The lowest BCUT2D eigenvalue weighted by molar-refractivity contribution is -0.0492. The van der Waals surface area contributed by atoms with Crippen LogP contribution < -0.4 is 5.32 Å². The molecule has 0 spiro atoms. The van der Waals surface area contributed by atoms with Gasteiger partial charge >= 0.3 is 0 Å². The third kappa shape index (κ3) is 3.50. The van der Waals surface area contributed by atoms with E-state index in [4.69, 9.17) is 10.2 Å². The zero-order valence-electron chi connectivity index (χ0n) is 20.6. The van der Waals surface area contributed by atoms with Crippen LogP contribution in [0.1, 0.15) is 54.6 Å². The van der Waals surface area contributed by atoms with Gasteiger partial charge in [0.15, 0.2) is 5.82 Å². The number of aromatic nitrogens is 4. The van der Waals surface area contributed by atoms with E-state index in [0.717, 1.165) is 34.7 Å². The number of anilines is 1. The van der Waals surface area contributed by atoms with Gasteiger partial charge in [0.05, 0.1) is 22.5 Å². The molecular formula is C30H31N5O. The van der Waals surface area contributed by atoms with Crippen molar-refractivity contribution in [3.8, 4) is 16.9 Å². The topological polar surface area (TPSA) is 64.7 Å². The Balaban J connectivity index is 1.22. The smallest absolute Gasteiger partial charge is 0.261 e. The summed E-state index contributed by atoms with van der Waals surface area (Å²) >= 11 is 0. The molecule has 2 aromatic heterocycles. The SMILES string of the molecule is Cc1c(C(=O)Nc2ccn(C34CC5CC(CC(C5)C3)C4)n2)c(-c2ccccc2)nn1-c1ccccc1. The molecule has 0 atom stereocenters. The summed E-state index contributed by atoms with van der Waals surface area (Å²) in [7, 11) is 0. The molecule has 4 bridgehead atoms. The van der Waals surface area contributed by atoms with Crippen LogP contribution in [-0.2, 0) is 5.54 Å². The summed E-state index contributed by atoms with van der Waals surface area (Å²) in [6.07, 6.45) is 9.98. The Kier molecular flexibility index (Phi) is 4.91. The Labute approximate surface area is 211 Å². The zero-order chi connectivity index (χ0) is 24.3. The van der Waals surface area contributed by atoms with E-state index in [2.05, 4.69) is 16.2 Å². The van der Waals surface area contributed by atoms with Crippen LogP contribution in [0, 0.1) is 24.7 Å². The molecule has 4 aliphatic rings. The molecule has 0 aliphatic heterocycles. The van der Waals surface area contributed by atoms with Crippen LogP contribution in [0.2, 0.25) is 0 Å². The molecule has 4 aliphatic carbocycles. The lowest BCUT2D eigenvalue weighted by Crippen LogP contribution is -2.52. The average molecular weight is 478 g/mol. The van der Waals surface area contributed by atoms with E-state index in [1.807, 2.05) is 78.3 Å². The van der Waals surface area contributed by atoms with Crippen molar-refractivity contribution in [2.45, 2.75) is 51.0 Å². The maximum Gasteiger partial charge on any atom is 0.261 e. The van der Waals surface area contributed by atoms with Crippen LogP contribution in [0.5, 0.6) is 0 Å². The van der Waals surface area contributed by atoms with Gasteiger partial charge < -0.3 is 5.32 Å². The Morgan fingerprint density at radius 2 is 1.47 bits per heavy atom. The first-order valence-electron chi connectivity index (χ1n) is 13.2. The molecule has 1 amide bonds. The van der Waals surface area contributed by atoms with Gasteiger partial charge in [-0.15, -0.1) is 0 Å². The number of carbonyl (C=O) groups excluding carboxylic acids is 1. The average Bonchev–Trinajstić information content (AvgIpc) is 3.49. The second kappa shape index (κ2) is 8.19. The number of rotatable bonds is 5. The number of benzene rings is 2. The number of para-hydroxylation sites is 1. The second-order valence-corrected chi connectivity index (χ2v) is 11.2. The first-order valence-corrected chi connectivity index (χ1v) is 13.2. The molecule has 0 saturated heterocycles. The van der Waals surface area contributed by atoms with Gasteiger partial charge in [-0.3, -0.25) is 9.48 Å². The number of carbonyl (C=O) groups is 1. The minimum Gasteiger partial charge on any atom is -0.305 e. The van der Waals surface area contributed by atoms with E-state index < -0.39 is 0 Å². The number of nitrogens with zero attached hydrogens (tertiary/aromatic N) is 4. The fraction of sp³-hybridized carbons (Fsp3) is 0.367. The summed E-state index contributed by atoms with van der Waals surface area (Å²) in [5.74, 6) is 2.97. The summed E-state index contributed by atoms with van der Waals surface area (Å²) < 4.78 is 4.04. The van der Waals surface area contributed by atoms with E-state index in [9.17, 15) is 4.79 Å². The fourth-order valence-corrected chi connectivity index (χ4v) is 7.57. The highest BCUT2D eigenvalue weighted by atomic mass is 16.1. The van der Waals surface area contributed by atoms with Crippen molar-refractivity contribution in [1.82, 2.24) is 19.6 Å². The Morgan fingerprint density at radius 1 is 0.861 bits per heavy atom. The van der Waals surface area contributed by atoms with Crippen LogP contribution in [0.4, 0.5) is 5.82 Å². The Bertz CT molecular complexity index is 1380. The molecule has 36 heavy (non-hydrogen) atoms. The van der Waals surface area contributed by atoms with Gasteiger partial charge in [0.2, 0.25) is 0 Å². The highest BCUT2D eigenvalue weighted by Crippen LogP contribution is 2.58. The van der Waals surface area contributed by atoms with Gasteiger partial charge in [0.1, 0.15) is 5.69 Å². The first-order chi connectivity index (χ1) is 17.6. The van der Waals surface area contributed by atoms with Gasteiger partial charge in [-0.05, 0) is 75.3 Å². The summed E-state index contributed by atoms with van der Waals surface area (Å²) in [6.45, 7) is 1.95. The van der Waals surface area contributed by atoms with E-state index in [0.29, 0.717) is 17.1 Å². The van der Waals surface area contributed by atoms with Crippen LogP contribution in [0.15, 0.2) is 72.9 Å². The van der Waals surface area contributed by atoms with Gasteiger partial charge in [-0.2, -0.15) is 10.2 Å². The van der Waals surface area contributed by atoms with Crippen LogP contribution >= 0.6 is 0 Å². The van der Waals surface area contributed by atoms with E-state index in [1.165, 1.54) is 38.5 Å². The van der Waals surface area contributed by atoms with Crippen LogP contribution in [-0.4, -0.2) is 25.5 Å². The second-order valence-electron chi connectivity index (χ2n) is 11.2. The minimum atomic E-state index is -0.177. The van der Waals surface area contributed by atoms with Crippen LogP contribution in [0.25, 0.3) is 16.9 Å². The number of nitrogens with one attached hydrogen (secondary N) is 1. The normalized spacial score (nSPS) is 26.3. The number of amides is 1. The third-order valence-corrected chi connectivity index (χ3v) is 8.71. The van der Waals surface area contributed by atoms with Gasteiger partial charge in [-0.1, -0.05) is 48.5 Å². The molecule has 0 unspecified atom stereocenters. The highest BCUT2D eigenvalue weighted by molar-refractivity contribution is 6.08. The van der Waals surface area contributed by atoms with E-state index >= 15 is 0 Å². The largest absolute Gasteiger partial charge is 0.305 e. The summed E-state index contributed by atoms with van der Waals surface area (Å²) in [5, 5.41) is 12.9. The standard InChI is InChI=1S/C30H31N5O/c1-20-27(28(24-8-4-2-5-9-24)33-35(20)25-10-6-3-7-11-25)29(36)31-26-12-13-34(32-26)30-17-21-14-22(18-30)16-23(15-21)19-30/h2-13,21-23H,14-19H2,1H3,(H,31,32,36). The van der Waals surface area contributed by atoms with Crippen molar-refractivity contribution in [3.05, 3.63) is 84.2 Å². The van der Waals surface area contributed by atoms with Gasteiger partial charge in [-0.25, -0.2) is 4.68 Å². The monoisotopic (exact) mass is 477 g/mol. The van der Waals surface area contributed by atoms with Crippen molar-refractivity contribution in [2.75, 3.05) is 5.32 Å². The maximum atomic E-state index is 13.7. The van der Waals surface area contributed by atoms with E-state index in [-0.39, 0.29) is 11.4 Å². The van der Waals surface area contributed by atoms with Crippen molar-refractivity contribution >= 4 is 11.7 Å². The van der Waals surface area contributed by atoms with Crippen molar-refractivity contribution < 1.29 is 4.79 Å². The number of hydrogen-bond donors (Lipinski definition) is 1. The summed E-state index contributed by atoms with van der Waals surface area (Å²) in [6, 6.07) is 21.8. The van der Waals surface area contributed by atoms with Crippen molar-refractivity contribution in [2.24, 2.45) is 17.8 Å². The molecule has 2 heterocycles. The predicted molar refractivity (Wildman–Crippen MR) is 140 cm³/mol.